The second kappa shape index (κ2) is 7.06. The highest BCUT2D eigenvalue weighted by Gasteiger charge is 2.15. The zero-order chi connectivity index (χ0) is 13.5. The molecule has 1 unspecified atom stereocenters. The van der Waals surface area contributed by atoms with Crippen LogP contribution in [0.4, 0.5) is 8.78 Å². The van der Waals surface area contributed by atoms with Gasteiger partial charge in [-0.3, -0.25) is 4.79 Å². The maximum absolute atomic E-state index is 13.4. The predicted molar refractivity (Wildman–Crippen MR) is 66.1 cm³/mol. The van der Waals surface area contributed by atoms with E-state index in [1.807, 2.05) is 6.92 Å². The number of hydrogen-bond donors (Lipinski definition) is 2. The molecule has 1 atom stereocenters. The first kappa shape index (κ1) is 14.6. The van der Waals surface area contributed by atoms with Crippen molar-refractivity contribution in [1.82, 2.24) is 10.6 Å². The minimum absolute atomic E-state index is 0.00778. The number of amides is 1. The van der Waals surface area contributed by atoms with Crippen LogP contribution in [0.15, 0.2) is 18.2 Å². The topological polar surface area (TPSA) is 41.1 Å². The van der Waals surface area contributed by atoms with Crippen LogP contribution in [0.25, 0.3) is 0 Å². The van der Waals surface area contributed by atoms with Crippen molar-refractivity contribution in [3.8, 4) is 0 Å². The quantitative estimate of drug-likeness (QED) is 0.818. The van der Waals surface area contributed by atoms with E-state index in [1.165, 1.54) is 18.2 Å². The van der Waals surface area contributed by atoms with Crippen molar-refractivity contribution in [2.45, 2.75) is 26.3 Å². The monoisotopic (exact) mass is 256 g/mol. The van der Waals surface area contributed by atoms with Crippen molar-refractivity contribution in [3.63, 3.8) is 0 Å². The van der Waals surface area contributed by atoms with Crippen LogP contribution in [0.2, 0.25) is 0 Å². The van der Waals surface area contributed by atoms with E-state index < -0.39 is 17.7 Å². The number of rotatable bonds is 6. The maximum Gasteiger partial charge on any atom is 0.221 e. The average Bonchev–Trinajstić information content (AvgIpc) is 2.29. The molecule has 1 aromatic carbocycles. The van der Waals surface area contributed by atoms with Crippen molar-refractivity contribution in [3.05, 3.63) is 35.4 Å². The van der Waals surface area contributed by atoms with E-state index in [0.717, 1.165) is 0 Å². The first-order chi connectivity index (χ1) is 8.56. The van der Waals surface area contributed by atoms with Gasteiger partial charge in [0.15, 0.2) is 0 Å². The van der Waals surface area contributed by atoms with Gasteiger partial charge in [0, 0.05) is 31.1 Å². The van der Waals surface area contributed by atoms with Crippen molar-refractivity contribution < 1.29 is 13.6 Å². The molecule has 18 heavy (non-hydrogen) atoms. The fourth-order valence-corrected chi connectivity index (χ4v) is 1.71. The van der Waals surface area contributed by atoms with Gasteiger partial charge in [-0.2, -0.15) is 0 Å². The molecule has 3 nitrogen and oxygen atoms in total. The average molecular weight is 256 g/mol. The minimum Gasteiger partial charge on any atom is -0.356 e. The van der Waals surface area contributed by atoms with E-state index in [0.29, 0.717) is 13.1 Å². The fourth-order valence-electron chi connectivity index (χ4n) is 1.71. The molecule has 100 valence electrons. The number of carbonyl (C=O) groups excluding carboxylic acids is 1. The summed E-state index contributed by atoms with van der Waals surface area (Å²) in [7, 11) is 0. The molecule has 0 aliphatic carbocycles. The Bertz CT molecular complexity index is 390. The van der Waals surface area contributed by atoms with Crippen molar-refractivity contribution in [1.29, 1.82) is 0 Å². The Morgan fingerprint density at radius 1 is 1.33 bits per heavy atom. The Morgan fingerprint density at radius 2 is 1.94 bits per heavy atom. The molecule has 0 aromatic heterocycles. The summed E-state index contributed by atoms with van der Waals surface area (Å²) in [6.07, 6.45) is 0.286. The Balaban J connectivity index is 2.50. The van der Waals surface area contributed by atoms with Gasteiger partial charge in [-0.25, -0.2) is 8.78 Å². The summed E-state index contributed by atoms with van der Waals surface area (Å²) in [5.74, 6) is -1.23. The van der Waals surface area contributed by atoms with Gasteiger partial charge < -0.3 is 10.6 Å². The van der Waals surface area contributed by atoms with Gasteiger partial charge in [0.25, 0.3) is 0 Å². The van der Waals surface area contributed by atoms with Crippen LogP contribution in [-0.4, -0.2) is 19.0 Å². The molecule has 0 aliphatic heterocycles. The summed E-state index contributed by atoms with van der Waals surface area (Å²) in [5, 5.41) is 5.58. The summed E-state index contributed by atoms with van der Waals surface area (Å²) in [4.78, 5) is 11.2. The zero-order valence-electron chi connectivity index (χ0n) is 10.6. The highest BCUT2D eigenvalue weighted by atomic mass is 19.1. The SMILES string of the molecule is CCNC(=O)CCNC(C)c1c(F)cccc1F. The van der Waals surface area contributed by atoms with E-state index in [9.17, 15) is 13.6 Å². The Hall–Kier alpha value is -1.49. The second-order valence-corrected chi connectivity index (χ2v) is 4.01. The van der Waals surface area contributed by atoms with Gasteiger partial charge in [-0.15, -0.1) is 0 Å². The van der Waals surface area contributed by atoms with Gasteiger partial charge in [-0.1, -0.05) is 6.07 Å². The molecule has 1 amide bonds. The molecule has 5 heteroatoms. The molecule has 0 heterocycles. The lowest BCUT2D eigenvalue weighted by Gasteiger charge is -2.15. The first-order valence-electron chi connectivity index (χ1n) is 6.00. The van der Waals surface area contributed by atoms with E-state index >= 15 is 0 Å². The van der Waals surface area contributed by atoms with Gasteiger partial charge in [0.2, 0.25) is 5.91 Å². The smallest absolute Gasteiger partial charge is 0.221 e. The van der Waals surface area contributed by atoms with Gasteiger partial charge >= 0.3 is 0 Å². The lowest BCUT2D eigenvalue weighted by atomic mass is 10.1. The summed E-state index contributed by atoms with van der Waals surface area (Å²) >= 11 is 0. The van der Waals surface area contributed by atoms with Gasteiger partial charge in [0.05, 0.1) is 0 Å². The van der Waals surface area contributed by atoms with Crippen LogP contribution < -0.4 is 10.6 Å². The summed E-state index contributed by atoms with van der Waals surface area (Å²) in [6.45, 7) is 4.46. The molecule has 0 bridgehead atoms. The largest absolute Gasteiger partial charge is 0.356 e. The van der Waals surface area contributed by atoms with E-state index in [-0.39, 0.29) is 17.9 Å². The molecule has 0 radical (unpaired) electrons. The minimum atomic E-state index is -0.576. The summed E-state index contributed by atoms with van der Waals surface area (Å²) in [5.41, 5.74) is 0.00778. The maximum atomic E-state index is 13.4. The van der Waals surface area contributed by atoms with E-state index in [2.05, 4.69) is 10.6 Å². The third kappa shape index (κ3) is 4.07. The third-order valence-electron chi connectivity index (χ3n) is 2.61. The molecule has 0 saturated carbocycles. The number of carbonyl (C=O) groups is 1. The molecule has 0 aliphatic rings. The predicted octanol–water partition coefficient (Wildman–Crippen LogP) is 2.14. The number of benzene rings is 1. The molecule has 0 saturated heterocycles. The van der Waals surface area contributed by atoms with Crippen molar-refractivity contribution in [2.24, 2.45) is 0 Å². The molecule has 0 spiro atoms. The van der Waals surface area contributed by atoms with E-state index in [1.54, 1.807) is 6.92 Å². The first-order valence-corrected chi connectivity index (χ1v) is 6.00. The standard InChI is InChI=1S/C13H18F2N2O/c1-3-16-12(18)7-8-17-9(2)13-10(14)5-4-6-11(13)15/h4-6,9,17H,3,7-8H2,1-2H3,(H,16,18). The molecular weight excluding hydrogens is 238 g/mol. The van der Waals surface area contributed by atoms with E-state index in [4.69, 9.17) is 0 Å². The Labute approximate surface area is 106 Å². The highest BCUT2D eigenvalue weighted by molar-refractivity contribution is 5.75. The lowest BCUT2D eigenvalue weighted by molar-refractivity contribution is -0.120. The van der Waals surface area contributed by atoms with Crippen molar-refractivity contribution >= 4 is 5.91 Å². The van der Waals surface area contributed by atoms with Crippen molar-refractivity contribution in [2.75, 3.05) is 13.1 Å². The van der Waals surface area contributed by atoms with Crippen LogP contribution >= 0.6 is 0 Å². The molecule has 2 N–H and O–H groups in total. The fraction of sp³-hybridized carbons (Fsp3) is 0.462. The van der Waals surface area contributed by atoms with Gasteiger partial charge in [0.1, 0.15) is 11.6 Å². The third-order valence-corrected chi connectivity index (χ3v) is 2.61. The number of halogens is 2. The summed E-state index contributed by atoms with van der Waals surface area (Å²) in [6, 6.07) is 3.30. The van der Waals surface area contributed by atoms with Gasteiger partial charge in [-0.05, 0) is 26.0 Å². The van der Waals surface area contributed by atoms with Crippen LogP contribution in [0.1, 0.15) is 31.9 Å². The molecular formula is C13H18F2N2O. The zero-order valence-corrected chi connectivity index (χ0v) is 10.6. The highest BCUT2D eigenvalue weighted by Crippen LogP contribution is 2.19. The van der Waals surface area contributed by atoms with Crippen LogP contribution in [0, 0.1) is 11.6 Å². The normalized spacial score (nSPS) is 12.2. The number of nitrogens with one attached hydrogen (secondary N) is 2. The van der Waals surface area contributed by atoms with Crippen LogP contribution in [0.5, 0.6) is 0 Å². The molecule has 0 fully saturated rings. The second-order valence-electron chi connectivity index (χ2n) is 4.01. The summed E-state index contributed by atoms with van der Waals surface area (Å²) < 4.78 is 26.9. The number of hydrogen-bond acceptors (Lipinski definition) is 2. The molecule has 1 aromatic rings. The van der Waals surface area contributed by atoms with Crippen LogP contribution in [-0.2, 0) is 4.79 Å². The Kier molecular flexibility index (Phi) is 5.71. The lowest BCUT2D eigenvalue weighted by Crippen LogP contribution is -2.29. The Morgan fingerprint density at radius 3 is 2.50 bits per heavy atom. The van der Waals surface area contributed by atoms with Crippen LogP contribution in [0.3, 0.4) is 0 Å². The molecule has 1 rings (SSSR count).